The molecule has 13 heavy (non-hydrogen) atoms. The predicted octanol–water partition coefficient (Wildman–Crippen LogP) is 2.23. The Bertz CT molecular complexity index is 204. The SMILES string of the molecule is CCOP(=O)(OCC)[C@H](C)C(C)=O. The Morgan fingerprint density at radius 2 is 1.69 bits per heavy atom. The van der Waals surface area contributed by atoms with E-state index in [0.29, 0.717) is 0 Å². The van der Waals surface area contributed by atoms with Crippen molar-refractivity contribution in [1.82, 2.24) is 0 Å². The minimum atomic E-state index is -3.22. The maximum Gasteiger partial charge on any atom is 0.340 e. The molecule has 0 saturated heterocycles. The summed E-state index contributed by atoms with van der Waals surface area (Å²) in [5.74, 6) is -0.176. The molecule has 0 aromatic carbocycles. The van der Waals surface area contributed by atoms with Crippen molar-refractivity contribution in [2.45, 2.75) is 33.4 Å². The Balaban J connectivity index is 4.57. The topological polar surface area (TPSA) is 52.6 Å². The molecule has 0 fully saturated rings. The van der Waals surface area contributed by atoms with Gasteiger partial charge in [0.25, 0.3) is 0 Å². The van der Waals surface area contributed by atoms with E-state index in [9.17, 15) is 9.36 Å². The Labute approximate surface area is 79.1 Å². The van der Waals surface area contributed by atoms with Crippen molar-refractivity contribution < 1.29 is 18.4 Å². The van der Waals surface area contributed by atoms with E-state index in [-0.39, 0.29) is 19.0 Å². The van der Waals surface area contributed by atoms with Gasteiger partial charge in [-0.25, -0.2) is 0 Å². The number of ketones is 1. The van der Waals surface area contributed by atoms with E-state index in [1.54, 1.807) is 20.8 Å². The maximum atomic E-state index is 11.9. The number of Topliss-reactive ketones (excluding diaryl/α,β-unsaturated/α-hetero) is 1. The van der Waals surface area contributed by atoms with Gasteiger partial charge in [-0.15, -0.1) is 0 Å². The lowest BCUT2D eigenvalue weighted by molar-refractivity contribution is -0.116. The Morgan fingerprint density at radius 3 is 1.92 bits per heavy atom. The first-order chi connectivity index (χ1) is 5.98. The molecule has 0 saturated carbocycles. The molecule has 0 unspecified atom stereocenters. The molecule has 0 radical (unpaired) electrons. The second-order valence-corrected chi connectivity index (χ2v) is 5.03. The molecular weight excluding hydrogens is 191 g/mol. The molecule has 0 aromatic rings. The van der Waals surface area contributed by atoms with Crippen LogP contribution in [0.2, 0.25) is 0 Å². The molecule has 78 valence electrons. The van der Waals surface area contributed by atoms with Gasteiger partial charge in [-0.1, -0.05) is 0 Å². The molecule has 0 spiro atoms. The van der Waals surface area contributed by atoms with Crippen LogP contribution >= 0.6 is 7.60 Å². The van der Waals surface area contributed by atoms with Crippen LogP contribution in [0.4, 0.5) is 0 Å². The summed E-state index contributed by atoms with van der Waals surface area (Å²) in [6.07, 6.45) is 0. The summed E-state index contributed by atoms with van der Waals surface area (Å²) in [7, 11) is -3.22. The zero-order valence-corrected chi connectivity index (χ0v) is 9.47. The highest BCUT2D eigenvalue weighted by Gasteiger charge is 2.34. The molecule has 0 amide bonds. The lowest BCUT2D eigenvalue weighted by atomic mass is 10.3. The summed E-state index contributed by atoms with van der Waals surface area (Å²) < 4.78 is 21.9. The summed E-state index contributed by atoms with van der Waals surface area (Å²) in [6, 6.07) is 0. The van der Waals surface area contributed by atoms with Gasteiger partial charge < -0.3 is 9.05 Å². The van der Waals surface area contributed by atoms with Crippen molar-refractivity contribution in [3.8, 4) is 0 Å². The normalized spacial score (nSPS) is 14.2. The van der Waals surface area contributed by atoms with Gasteiger partial charge in [0.1, 0.15) is 11.4 Å². The molecule has 0 aliphatic heterocycles. The zero-order valence-electron chi connectivity index (χ0n) is 8.57. The van der Waals surface area contributed by atoms with Gasteiger partial charge in [0.05, 0.1) is 13.2 Å². The minimum Gasteiger partial charge on any atom is -0.308 e. The van der Waals surface area contributed by atoms with Crippen LogP contribution in [-0.2, 0) is 18.4 Å². The zero-order chi connectivity index (χ0) is 10.5. The van der Waals surface area contributed by atoms with Crippen LogP contribution in [0.25, 0.3) is 0 Å². The molecule has 5 heteroatoms. The lowest BCUT2D eigenvalue weighted by Crippen LogP contribution is -2.17. The molecule has 0 aliphatic rings. The van der Waals surface area contributed by atoms with E-state index in [1.807, 2.05) is 0 Å². The summed E-state index contributed by atoms with van der Waals surface area (Å²) in [4.78, 5) is 11.0. The fourth-order valence-corrected chi connectivity index (χ4v) is 2.53. The molecule has 0 bridgehead atoms. The molecule has 0 N–H and O–H groups in total. The van der Waals surface area contributed by atoms with Gasteiger partial charge in [0.2, 0.25) is 0 Å². The van der Waals surface area contributed by atoms with Crippen LogP contribution in [0.3, 0.4) is 0 Å². The fourth-order valence-electron chi connectivity index (χ4n) is 0.843. The molecule has 0 aromatic heterocycles. The average Bonchev–Trinajstić information content (AvgIpc) is 2.03. The van der Waals surface area contributed by atoms with Gasteiger partial charge in [-0.05, 0) is 27.7 Å². The Kier molecular flexibility index (Phi) is 5.45. The van der Waals surface area contributed by atoms with Gasteiger partial charge in [0, 0.05) is 0 Å². The highest BCUT2D eigenvalue weighted by atomic mass is 31.2. The third-order valence-corrected chi connectivity index (χ3v) is 4.23. The lowest BCUT2D eigenvalue weighted by Gasteiger charge is -2.21. The van der Waals surface area contributed by atoms with Gasteiger partial charge in [-0.2, -0.15) is 0 Å². The van der Waals surface area contributed by atoms with E-state index in [2.05, 4.69) is 0 Å². The number of rotatable bonds is 6. The second-order valence-electron chi connectivity index (χ2n) is 2.66. The molecular formula is C8H17O4P. The summed E-state index contributed by atoms with van der Waals surface area (Å²) in [6.45, 7) is 6.96. The third kappa shape index (κ3) is 3.59. The van der Waals surface area contributed by atoms with Crippen molar-refractivity contribution in [3.05, 3.63) is 0 Å². The summed E-state index contributed by atoms with van der Waals surface area (Å²) in [5, 5.41) is 0. The maximum absolute atomic E-state index is 11.9. The highest BCUT2D eigenvalue weighted by Crippen LogP contribution is 2.52. The average molecular weight is 208 g/mol. The second kappa shape index (κ2) is 5.53. The summed E-state index contributed by atoms with van der Waals surface area (Å²) >= 11 is 0. The molecule has 0 rings (SSSR count). The Hall–Kier alpha value is -0.180. The quantitative estimate of drug-likeness (QED) is 0.628. The van der Waals surface area contributed by atoms with Crippen LogP contribution in [0.5, 0.6) is 0 Å². The number of carbonyl (C=O) groups is 1. The predicted molar refractivity (Wildman–Crippen MR) is 51.0 cm³/mol. The number of hydrogen-bond donors (Lipinski definition) is 0. The number of hydrogen-bond acceptors (Lipinski definition) is 4. The van der Waals surface area contributed by atoms with Crippen molar-refractivity contribution in [3.63, 3.8) is 0 Å². The van der Waals surface area contributed by atoms with Crippen molar-refractivity contribution in [1.29, 1.82) is 0 Å². The van der Waals surface area contributed by atoms with E-state index < -0.39 is 13.3 Å². The van der Waals surface area contributed by atoms with Crippen molar-refractivity contribution >= 4 is 13.4 Å². The first kappa shape index (κ1) is 12.8. The summed E-state index contributed by atoms with van der Waals surface area (Å²) in [5.41, 5.74) is -0.674. The van der Waals surface area contributed by atoms with Crippen LogP contribution in [0.1, 0.15) is 27.7 Å². The van der Waals surface area contributed by atoms with E-state index >= 15 is 0 Å². The molecule has 0 heterocycles. The minimum absolute atomic E-state index is 0.176. The van der Waals surface area contributed by atoms with Crippen molar-refractivity contribution in [2.24, 2.45) is 0 Å². The van der Waals surface area contributed by atoms with Crippen molar-refractivity contribution in [2.75, 3.05) is 13.2 Å². The smallest absolute Gasteiger partial charge is 0.308 e. The Morgan fingerprint density at radius 1 is 1.31 bits per heavy atom. The largest absolute Gasteiger partial charge is 0.340 e. The van der Waals surface area contributed by atoms with Crippen LogP contribution in [0.15, 0.2) is 0 Å². The van der Waals surface area contributed by atoms with Crippen LogP contribution < -0.4 is 0 Å². The van der Waals surface area contributed by atoms with E-state index in [1.165, 1.54) is 6.92 Å². The van der Waals surface area contributed by atoms with Gasteiger partial charge in [0.15, 0.2) is 0 Å². The first-order valence-electron chi connectivity index (χ1n) is 4.37. The third-order valence-electron chi connectivity index (χ3n) is 1.68. The highest BCUT2D eigenvalue weighted by molar-refractivity contribution is 7.55. The van der Waals surface area contributed by atoms with E-state index in [0.717, 1.165) is 0 Å². The van der Waals surface area contributed by atoms with Crippen LogP contribution in [0, 0.1) is 0 Å². The van der Waals surface area contributed by atoms with E-state index in [4.69, 9.17) is 9.05 Å². The fraction of sp³-hybridized carbons (Fsp3) is 0.875. The van der Waals surface area contributed by atoms with Gasteiger partial charge in [-0.3, -0.25) is 9.36 Å². The molecule has 0 aliphatic carbocycles. The molecule has 4 nitrogen and oxygen atoms in total. The number of carbonyl (C=O) groups excluding carboxylic acids is 1. The van der Waals surface area contributed by atoms with Gasteiger partial charge >= 0.3 is 7.60 Å². The standard InChI is InChI=1S/C8H17O4P/c1-5-11-13(10,12-6-2)8(4)7(3)9/h8H,5-6H2,1-4H3/t8-/m1/s1. The molecule has 1 atom stereocenters. The monoisotopic (exact) mass is 208 g/mol. The first-order valence-corrected chi connectivity index (χ1v) is 5.98. The van der Waals surface area contributed by atoms with Crippen LogP contribution in [-0.4, -0.2) is 24.7 Å².